The van der Waals surface area contributed by atoms with E-state index in [0.29, 0.717) is 0 Å². The Morgan fingerprint density at radius 2 is 2.33 bits per heavy atom. The highest BCUT2D eigenvalue weighted by Gasteiger charge is 2.03. The quantitative estimate of drug-likeness (QED) is 0.561. The zero-order chi connectivity index (χ0) is 11.3. The molecule has 0 aliphatic rings. The Morgan fingerprint density at radius 1 is 1.60 bits per heavy atom. The molecule has 0 bridgehead atoms. The number of hydrogen-bond acceptors (Lipinski definition) is 3. The number of phenolic OH excluding ortho intramolecular Hbond substituents is 1. The number of esters is 1. The van der Waals surface area contributed by atoms with Crippen molar-refractivity contribution in [3.05, 3.63) is 29.6 Å². The van der Waals surface area contributed by atoms with Crippen molar-refractivity contribution in [1.82, 2.24) is 0 Å². The summed E-state index contributed by atoms with van der Waals surface area (Å²) in [5.41, 5.74) is -0.110. The van der Waals surface area contributed by atoms with Gasteiger partial charge >= 0.3 is 5.97 Å². The monoisotopic (exact) mass is 208 g/mol. The molecule has 0 aliphatic heterocycles. The van der Waals surface area contributed by atoms with Gasteiger partial charge in [-0.1, -0.05) is 17.9 Å². The fourth-order valence-corrected chi connectivity index (χ4v) is 0.913. The summed E-state index contributed by atoms with van der Waals surface area (Å²) in [6.45, 7) is 0. The minimum Gasteiger partial charge on any atom is -0.507 e. The number of halogens is 1. The first-order valence-electron chi connectivity index (χ1n) is 4.18. The van der Waals surface area contributed by atoms with Crippen molar-refractivity contribution in [3.63, 3.8) is 0 Å². The molecule has 1 N–H and O–H groups in total. The Kier molecular flexibility index (Phi) is 3.69. The van der Waals surface area contributed by atoms with Crippen LogP contribution in [0.15, 0.2) is 18.2 Å². The maximum Gasteiger partial charge on any atom is 0.317 e. The van der Waals surface area contributed by atoms with Crippen molar-refractivity contribution in [2.45, 2.75) is 6.42 Å². The van der Waals surface area contributed by atoms with E-state index in [1.807, 2.05) is 0 Å². The molecule has 0 heterocycles. The van der Waals surface area contributed by atoms with E-state index in [-0.39, 0.29) is 17.7 Å². The van der Waals surface area contributed by atoms with Gasteiger partial charge in [0, 0.05) is 0 Å². The average Bonchev–Trinajstić information content (AvgIpc) is 2.22. The van der Waals surface area contributed by atoms with Gasteiger partial charge in [-0.25, -0.2) is 4.39 Å². The molecule has 4 heteroatoms. The number of ether oxygens (including phenoxy) is 1. The van der Waals surface area contributed by atoms with Crippen LogP contribution in [-0.2, 0) is 9.53 Å². The number of rotatable bonds is 1. The summed E-state index contributed by atoms with van der Waals surface area (Å²) in [6, 6.07) is 3.88. The Balaban J connectivity index is 2.84. The predicted octanol–water partition coefficient (Wildman–Crippen LogP) is 1.45. The molecule has 0 amide bonds. The molecular formula is C11H9FO3. The lowest BCUT2D eigenvalue weighted by Crippen LogP contribution is -1.97. The zero-order valence-electron chi connectivity index (χ0n) is 8.08. The molecule has 1 aromatic rings. The predicted molar refractivity (Wildman–Crippen MR) is 51.6 cm³/mol. The van der Waals surface area contributed by atoms with E-state index in [9.17, 15) is 14.3 Å². The maximum absolute atomic E-state index is 13.1. The molecule has 0 saturated carbocycles. The topological polar surface area (TPSA) is 46.5 Å². The third-order valence-electron chi connectivity index (χ3n) is 1.67. The van der Waals surface area contributed by atoms with E-state index in [1.165, 1.54) is 25.3 Å². The number of methoxy groups -OCH3 is 1. The maximum atomic E-state index is 13.1. The summed E-state index contributed by atoms with van der Waals surface area (Å²) in [5, 5.41) is 9.26. The van der Waals surface area contributed by atoms with Crippen LogP contribution in [0.1, 0.15) is 12.0 Å². The molecule has 3 nitrogen and oxygen atoms in total. The molecule has 1 rings (SSSR count). The highest BCUT2D eigenvalue weighted by Crippen LogP contribution is 2.17. The minimum absolute atomic E-state index is 0.110. The van der Waals surface area contributed by atoms with E-state index >= 15 is 0 Å². The van der Waals surface area contributed by atoms with Crippen molar-refractivity contribution < 1.29 is 19.0 Å². The van der Waals surface area contributed by atoms with Crippen LogP contribution in [0.3, 0.4) is 0 Å². The first-order chi connectivity index (χ1) is 7.15. The van der Waals surface area contributed by atoms with Crippen LogP contribution >= 0.6 is 0 Å². The second kappa shape index (κ2) is 5.01. The van der Waals surface area contributed by atoms with Crippen LogP contribution in [0.25, 0.3) is 0 Å². The molecule has 78 valence electrons. The van der Waals surface area contributed by atoms with Crippen LogP contribution in [0.5, 0.6) is 5.75 Å². The molecule has 0 fully saturated rings. The van der Waals surface area contributed by atoms with Gasteiger partial charge < -0.3 is 9.84 Å². The fourth-order valence-electron chi connectivity index (χ4n) is 0.913. The van der Waals surface area contributed by atoms with Gasteiger partial charge in [0.15, 0.2) is 0 Å². The molecule has 0 aliphatic carbocycles. The number of phenols is 1. The molecule has 0 radical (unpaired) electrons. The number of aromatic hydroxyl groups is 1. The second-order valence-corrected chi connectivity index (χ2v) is 2.69. The summed E-state index contributed by atoms with van der Waals surface area (Å²) in [6.07, 6.45) is -0.135. The molecule has 0 spiro atoms. The Morgan fingerprint density at radius 3 is 2.93 bits per heavy atom. The summed E-state index contributed by atoms with van der Waals surface area (Å²) >= 11 is 0. The van der Waals surface area contributed by atoms with Crippen molar-refractivity contribution in [3.8, 4) is 17.6 Å². The van der Waals surface area contributed by atoms with Crippen LogP contribution in [-0.4, -0.2) is 18.2 Å². The van der Waals surface area contributed by atoms with Gasteiger partial charge in [0.1, 0.15) is 23.6 Å². The average molecular weight is 208 g/mol. The molecule has 1 aromatic carbocycles. The number of carbonyl (C=O) groups is 1. The fraction of sp³-hybridized carbons (Fsp3) is 0.182. The van der Waals surface area contributed by atoms with E-state index < -0.39 is 11.8 Å². The number of carbonyl (C=O) groups excluding carboxylic acids is 1. The van der Waals surface area contributed by atoms with Crippen molar-refractivity contribution in [2.24, 2.45) is 0 Å². The van der Waals surface area contributed by atoms with Crippen LogP contribution in [0, 0.1) is 17.7 Å². The summed E-state index contributed by atoms with van der Waals surface area (Å²) in [7, 11) is 1.24. The molecule has 0 saturated heterocycles. The molecule has 0 unspecified atom stereocenters. The molecule has 0 aromatic heterocycles. The lowest BCUT2D eigenvalue weighted by Gasteiger charge is -1.96. The van der Waals surface area contributed by atoms with Gasteiger partial charge in [-0.3, -0.25) is 4.79 Å². The minimum atomic E-state index is -0.618. The normalized spacial score (nSPS) is 8.93. The van der Waals surface area contributed by atoms with Crippen molar-refractivity contribution in [2.75, 3.05) is 7.11 Å². The van der Waals surface area contributed by atoms with E-state index in [4.69, 9.17) is 0 Å². The van der Waals surface area contributed by atoms with Gasteiger partial charge in [0.25, 0.3) is 0 Å². The Labute approximate surface area is 86.5 Å². The molecule has 0 atom stereocenters. The van der Waals surface area contributed by atoms with Gasteiger partial charge in [-0.2, -0.15) is 0 Å². The molecule has 15 heavy (non-hydrogen) atoms. The zero-order valence-corrected chi connectivity index (χ0v) is 8.08. The molecular weight excluding hydrogens is 199 g/mol. The largest absolute Gasteiger partial charge is 0.507 e. The van der Waals surface area contributed by atoms with Gasteiger partial charge in [-0.05, 0) is 12.1 Å². The summed E-state index contributed by atoms with van der Waals surface area (Å²) < 4.78 is 17.4. The van der Waals surface area contributed by atoms with E-state index in [1.54, 1.807) is 0 Å². The first kappa shape index (κ1) is 11.1. The summed E-state index contributed by atoms with van der Waals surface area (Å²) in [5.74, 6) is 3.42. The van der Waals surface area contributed by atoms with E-state index in [2.05, 4.69) is 16.6 Å². The van der Waals surface area contributed by atoms with Crippen molar-refractivity contribution >= 4 is 5.97 Å². The van der Waals surface area contributed by atoms with E-state index in [0.717, 1.165) is 0 Å². The smallest absolute Gasteiger partial charge is 0.317 e. The van der Waals surface area contributed by atoms with Gasteiger partial charge in [-0.15, -0.1) is 0 Å². The third kappa shape index (κ3) is 2.99. The summed E-state index contributed by atoms with van der Waals surface area (Å²) in [4.78, 5) is 10.7. The number of benzene rings is 1. The highest BCUT2D eigenvalue weighted by atomic mass is 19.1. The third-order valence-corrected chi connectivity index (χ3v) is 1.67. The lowest BCUT2D eigenvalue weighted by atomic mass is 10.2. The van der Waals surface area contributed by atoms with Gasteiger partial charge in [0.05, 0.1) is 7.11 Å². The van der Waals surface area contributed by atoms with Crippen LogP contribution in [0.4, 0.5) is 4.39 Å². The Bertz CT molecular complexity index is 409. The van der Waals surface area contributed by atoms with Crippen molar-refractivity contribution in [1.29, 1.82) is 0 Å². The Hall–Kier alpha value is -2.02. The van der Waals surface area contributed by atoms with Gasteiger partial charge in [0.2, 0.25) is 0 Å². The second-order valence-electron chi connectivity index (χ2n) is 2.69. The van der Waals surface area contributed by atoms with Crippen LogP contribution < -0.4 is 0 Å². The van der Waals surface area contributed by atoms with Crippen LogP contribution in [0.2, 0.25) is 0 Å². The number of hydrogen-bond donors (Lipinski definition) is 1. The SMILES string of the molecule is COC(=O)CC#Cc1c(O)cccc1F. The standard InChI is InChI=1S/C11H9FO3/c1-15-11(14)7-2-4-8-9(12)5-3-6-10(8)13/h3,5-6,13H,7H2,1H3. The highest BCUT2D eigenvalue weighted by molar-refractivity contribution is 5.72. The first-order valence-corrected chi connectivity index (χ1v) is 4.18. The lowest BCUT2D eigenvalue weighted by molar-refractivity contribution is -0.139.